The van der Waals surface area contributed by atoms with E-state index < -0.39 is 0 Å². The molecule has 2 unspecified atom stereocenters. The van der Waals surface area contributed by atoms with Gasteiger partial charge in [-0.15, -0.1) is 11.8 Å². The number of ether oxygens (including phenoxy) is 1. The van der Waals surface area contributed by atoms with Gasteiger partial charge in [0.1, 0.15) is 0 Å². The number of aromatic nitrogens is 1. The SMILES string of the molecule is CSc1cccc(C(=O)c2cnc(N3CCC4CCOC4C3)s2)c1. The van der Waals surface area contributed by atoms with Gasteiger partial charge >= 0.3 is 0 Å². The number of ketones is 1. The van der Waals surface area contributed by atoms with E-state index in [-0.39, 0.29) is 5.78 Å². The molecule has 0 N–H and O–H groups in total. The van der Waals surface area contributed by atoms with E-state index >= 15 is 0 Å². The fraction of sp³-hybridized carbons (Fsp3) is 0.444. The van der Waals surface area contributed by atoms with E-state index in [1.54, 1.807) is 18.0 Å². The summed E-state index contributed by atoms with van der Waals surface area (Å²) in [7, 11) is 0. The van der Waals surface area contributed by atoms with Crippen LogP contribution in [-0.2, 0) is 4.74 Å². The van der Waals surface area contributed by atoms with E-state index in [0.29, 0.717) is 16.9 Å². The Hall–Kier alpha value is -1.37. The summed E-state index contributed by atoms with van der Waals surface area (Å²) in [5.74, 6) is 0.762. The second kappa shape index (κ2) is 6.86. The first-order valence-corrected chi connectivity index (χ1v) is 10.3. The van der Waals surface area contributed by atoms with Gasteiger partial charge in [0.05, 0.1) is 17.2 Å². The van der Waals surface area contributed by atoms with E-state index in [4.69, 9.17) is 4.74 Å². The van der Waals surface area contributed by atoms with E-state index in [2.05, 4.69) is 9.88 Å². The summed E-state index contributed by atoms with van der Waals surface area (Å²) in [4.78, 5) is 21.3. The maximum atomic E-state index is 12.7. The Bertz CT molecular complexity index is 746. The molecule has 1 aromatic carbocycles. The fourth-order valence-corrected chi connectivity index (χ4v) is 4.82. The van der Waals surface area contributed by atoms with Gasteiger partial charge in [-0.2, -0.15) is 0 Å². The molecule has 0 radical (unpaired) electrons. The third-order valence-electron chi connectivity index (χ3n) is 4.84. The Morgan fingerprint density at radius 2 is 2.33 bits per heavy atom. The molecule has 2 atom stereocenters. The smallest absolute Gasteiger partial charge is 0.204 e. The number of benzene rings is 1. The molecule has 24 heavy (non-hydrogen) atoms. The highest BCUT2D eigenvalue weighted by Gasteiger charge is 2.34. The number of fused-ring (bicyclic) bond motifs is 1. The molecule has 0 saturated carbocycles. The quantitative estimate of drug-likeness (QED) is 0.614. The first-order chi connectivity index (χ1) is 11.7. The molecule has 2 aromatic rings. The Kier molecular flexibility index (Phi) is 4.61. The predicted octanol–water partition coefficient (Wildman–Crippen LogP) is 3.71. The average molecular weight is 361 g/mol. The number of thiazole rings is 1. The summed E-state index contributed by atoms with van der Waals surface area (Å²) in [6.45, 7) is 2.79. The minimum Gasteiger partial charge on any atom is -0.376 e. The molecule has 0 aliphatic carbocycles. The van der Waals surface area contributed by atoms with Crippen LogP contribution in [0.5, 0.6) is 0 Å². The van der Waals surface area contributed by atoms with Gasteiger partial charge in [0, 0.05) is 30.2 Å². The molecule has 2 saturated heterocycles. The normalized spacial score (nSPS) is 23.3. The van der Waals surface area contributed by atoms with Gasteiger partial charge in [-0.3, -0.25) is 4.79 Å². The van der Waals surface area contributed by atoms with Crippen molar-refractivity contribution in [1.82, 2.24) is 4.98 Å². The Morgan fingerprint density at radius 1 is 1.42 bits per heavy atom. The molecule has 126 valence electrons. The highest BCUT2D eigenvalue weighted by atomic mass is 32.2. The summed E-state index contributed by atoms with van der Waals surface area (Å²) in [6.07, 6.45) is 6.41. The Balaban J connectivity index is 1.51. The first-order valence-electron chi connectivity index (χ1n) is 8.26. The van der Waals surface area contributed by atoms with Crippen LogP contribution in [0.3, 0.4) is 0 Å². The van der Waals surface area contributed by atoms with Crippen LogP contribution in [0.2, 0.25) is 0 Å². The van der Waals surface area contributed by atoms with Gasteiger partial charge in [0.15, 0.2) is 5.13 Å². The van der Waals surface area contributed by atoms with Crippen LogP contribution in [0.4, 0.5) is 5.13 Å². The number of anilines is 1. The third-order valence-corrected chi connectivity index (χ3v) is 6.62. The lowest BCUT2D eigenvalue weighted by atomic mass is 9.94. The van der Waals surface area contributed by atoms with Crippen LogP contribution < -0.4 is 4.90 Å². The molecular formula is C18H20N2O2S2. The van der Waals surface area contributed by atoms with Gasteiger partial charge in [-0.05, 0) is 37.1 Å². The van der Waals surface area contributed by atoms with Crippen molar-refractivity contribution in [2.75, 3.05) is 30.9 Å². The lowest BCUT2D eigenvalue weighted by molar-refractivity contribution is 0.0846. The van der Waals surface area contributed by atoms with Crippen LogP contribution in [0.1, 0.15) is 28.1 Å². The lowest BCUT2D eigenvalue weighted by Crippen LogP contribution is -2.42. The number of carbonyl (C=O) groups is 1. The van der Waals surface area contributed by atoms with Crippen LogP contribution in [-0.4, -0.2) is 42.8 Å². The predicted molar refractivity (Wildman–Crippen MR) is 98.4 cm³/mol. The zero-order valence-electron chi connectivity index (χ0n) is 13.6. The standard InChI is InChI=1S/C18H20N2O2S2/c1-23-14-4-2-3-13(9-14)17(21)16-10-19-18(24-16)20-7-5-12-6-8-22-15(12)11-20/h2-4,9-10,12,15H,5-8,11H2,1H3. The second-order valence-corrected chi connectivity index (χ2v) is 8.15. The molecule has 2 fully saturated rings. The Labute approximate surface area is 150 Å². The minimum absolute atomic E-state index is 0.0571. The number of piperidine rings is 1. The molecule has 2 aliphatic heterocycles. The van der Waals surface area contributed by atoms with Crippen molar-refractivity contribution in [3.63, 3.8) is 0 Å². The molecule has 6 heteroatoms. The number of thioether (sulfide) groups is 1. The highest BCUT2D eigenvalue weighted by Crippen LogP contribution is 2.33. The fourth-order valence-electron chi connectivity index (χ4n) is 3.45. The number of hydrogen-bond acceptors (Lipinski definition) is 6. The maximum absolute atomic E-state index is 12.7. The van der Waals surface area contributed by atoms with Crippen molar-refractivity contribution in [2.24, 2.45) is 5.92 Å². The van der Waals surface area contributed by atoms with Crippen molar-refractivity contribution in [3.8, 4) is 0 Å². The Morgan fingerprint density at radius 3 is 3.21 bits per heavy atom. The van der Waals surface area contributed by atoms with E-state index in [9.17, 15) is 4.79 Å². The van der Waals surface area contributed by atoms with Gasteiger partial charge < -0.3 is 9.64 Å². The molecular weight excluding hydrogens is 340 g/mol. The molecule has 2 aliphatic rings. The topological polar surface area (TPSA) is 42.4 Å². The van der Waals surface area contributed by atoms with E-state index in [0.717, 1.165) is 41.7 Å². The number of hydrogen-bond donors (Lipinski definition) is 0. The van der Waals surface area contributed by atoms with E-state index in [1.807, 2.05) is 30.5 Å². The van der Waals surface area contributed by atoms with Crippen molar-refractivity contribution in [2.45, 2.75) is 23.8 Å². The molecule has 0 amide bonds. The maximum Gasteiger partial charge on any atom is 0.204 e. The second-order valence-electron chi connectivity index (χ2n) is 6.26. The molecule has 0 spiro atoms. The molecule has 4 rings (SSSR count). The summed E-state index contributed by atoms with van der Waals surface area (Å²) in [6, 6.07) is 7.78. The lowest BCUT2D eigenvalue weighted by Gasteiger charge is -2.33. The van der Waals surface area contributed by atoms with Crippen molar-refractivity contribution < 1.29 is 9.53 Å². The van der Waals surface area contributed by atoms with Crippen LogP contribution in [0.25, 0.3) is 0 Å². The van der Waals surface area contributed by atoms with E-state index in [1.165, 1.54) is 17.8 Å². The minimum atomic E-state index is 0.0571. The monoisotopic (exact) mass is 360 g/mol. The number of nitrogens with zero attached hydrogens (tertiary/aromatic N) is 2. The van der Waals surface area contributed by atoms with Crippen molar-refractivity contribution in [3.05, 3.63) is 40.9 Å². The molecule has 0 bridgehead atoms. The largest absolute Gasteiger partial charge is 0.376 e. The van der Waals surface area contributed by atoms with Gasteiger partial charge in [0.25, 0.3) is 0 Å². The summed E-state index contributed by atoms with van der Waals surface area (Å²) >= 11 is 3.14. The van der Waals surface area contributed by atoms with Crippen LogP contribution in [0, 0.1) is 5.92 Å². The number of rotatable bonds is 4. The van der Waals surface area contributed by atoms with Crippen LogP contribution >= 0.6 is 23.1 Å². The zero-order valence-corrected chi connectivity index (χ0v) is 15.2. The summed E-state index contributed by atoms with van der Waals surface area (Å²) < 4.78 is 5.82. The highest BCUT2D eigenvalue weighted by molar-refractivity contribution is 7.98. The van der Waals surface area contributed by atoms with Crippen molar-refractivity contribution >= 4 is 34.0 Å². The van der Waals surface area contributed by atoms with Crippen LogP contribution in [0.15, 0.2) is 35.4 Å². The zero-order chi connectivity index (χ0) is 16.5. The van der Waals surface area contributed by atoms with Gasteiger partial charge in [0.2, 0.25) is 5.78 Å². The first kappa shape index (κ1) is 16.1. The van der Waals surface area contributed by atoms with Gasteiger partial charge in [-0.25, -0.2) is 4.98 Å². The molecule has 4 nitrogen and oxygen atoms in total. The van der Waals surface area contributed by atoms with Gasteiger partial charge in [-0.1, -0.05) is 23.5 Å². The number of carbonyl (C=O) groups excluding carboxylic acids is 1. The van der Waals surface area contributed by atoms with Crippen molar-refractivity contribution in [1.29, 1.82) is 0 Å². The summed E-state index contributed by atoms with van der Waals surface area (Å²) in [5, 5.41) is 0.938. The average Bonchev–Trinajstić information content (AvgIpc) is 3.29. The third kappa shape index (κ3) is 3.10. The summed E-state index contributed by atoms with van der Waals surface area (Å²) in [5.41, 5.74) is 0.731. The molecule has 1 aromatic heterocycles. The molecule has 3 heterocycles.